The second-order valence-electron chi connectivity index (χ2n) is 6.82. The molecule has 0 bridgehead atoms. The quantitative estimate of drug-likeness (QED) is 0.868. The minimum absolute atomic E-state index is 0.0274. The second kappa shape index (κ2) is 7.80. The van der Waals surface area contributed by atoms with Crippen molar-refractivity contribution < 1.29 is 18.4 Å². The van der Waals surface area contributed by atoms with Crippen molar-refractivity contribution in [3.05, 3.63) is 65.4 Å². The molecule has 1 aliphatic rings. The van der Waals surface area contributed by atoms with Gasteiger partial charge in [0.05, 0.1) is 12.5 Å². The summed E-state index contributed by atoms with van der Waals surface area (Å²) in [4.78, 5) is 27.4. The van der Waals surface area contributed by atoms with Crippen LogP contribution in [0.2, 0.25) is 0 Å². The van der Waals surface area contributed by atoms with Crippen LogP contribution in [0.5, 0.6) is 0 Å². The first kappa shape index (κ1) is 19.5. The second-order valence-corrected chi connectivity index (χ2v) is 6.82. The summed E-state index contributed by atoms with van der Waals surface area (Å²) < 4.78 is 28.3. The molecular weight excluding hydrogens is 364 g/mol. The van der Waals surface area contributed by atoms with E-state index in [0.29, 0.717) is 0 Å². The fraction of sp³-hybridized carbons (Fsp3) is 0.238. The van der Waals surface area contributed by atoms with Gasteiger partial charge in [0.2, 0.25) is 11.8 Å². The number of halogens is 2. The average molecular weight is 385 g/mol. The summed E-state index contributed by atoms with van der Waals surface area (Å²) in [6.07, 6.45) is 3.42. The van der Waals surface area contributed by atoms with Gasteiger partial charge in [-0.15, -0.1) is 0 Å². The number of amides is 2. The average Bonchev–Trinajstić information content (AvgIpc) is 2.60. The molecule has 0 spiro atoms. The van der Waals surface area contributed by atoms with Crippen molar-refractivity contribution in [1.82, 2.24) is 4.90 Å². The van der Waals surface area contributed by atoms with Crippen molar-refractivity contribution >= 4 is 29.3 Å². The third-order valence-corrected chi connectivity index (χ3v) is 4.60. The van der Waals surface area contributed by atoms with Gasteiger partial charge in [-0.3, -0.25) is 9.59 Å². The fourth-order valence-corrected chi connectivity index (χ4v) is 3.37. The summed E-state index contributed by atoms with van der Waals surface area (Å²) in [5.41, 5.74) is 1.62. The Balaban J connectivity index is 1.82. The Morgan fingerprint density at radius 3 is 2.39 bits per heavy atom. The lowest BCUT2D eigenvalue weighted by molar-refractivity contribution is -0.129. The van der Waals surface area contributed by atoms with E-state index in [0.717, 1.165) is 23.3 Å². The van der Waals surface area contributed by atoms with E-state index in [1.165, 1.54) is 30.8 Å². The van der Waals surface area contributed by atoms with Gasteiger partial charge >= 0.3 is 0 Å². The van der Waals surface area contributed by atoms with Gasteiger partial charge in [0.25, 0.3) is 0 Å². The molecule has 0 radical (unpaired) electrons. The van der Waals surface area contributed by atoms with Crippen LogP contribution in [-0.2, 0) is 9.59 Å². The Kier molecular flexibility index (Phi) is 5.44. The molecule has 2 aromatic carbocycles. The molecule has 0 aliphatic carbocycles. The van der Waals surface area contributed by atoms with E-state index in [4.69, 9.17) is 0 Å². The molecule has 5 nitrogen and oxygen atoms in total. The van der Waals surface area contributed by atoms with E-state index in [-0.39, 0.29) is 23.7 Å². The monoisotopic (exact) mass is 385 g/mol. The zero-order valence-electron chi connectivity index (χ0n) is 15.9. The van der Waals surface area contributed by atoms with Crippen LogP contribution >= 0.6 is 0 Å². The van der Waals surface area contributed by atoms with Crippen molar-refractivity contribution in [3.8, 4) is 0 Å². The van der Waals surface area contributed by atoms with Gasteiger partial charge in [-0.05, 0) is 29.3 Å². The Hall–Kier alpha value is -3.22. The molecule has 3 rings (SSSR count). The standard InChI is InChI=1S/C21H21F2N3O2/c1-13(27)26-9-8-14-6-4-5-7-16(14)19(26)12-20(28)24-15-10-17(22)21(25(2)3)18(23)11-15/h4-11,19H,12H2,1-3H3,(H,24,28)/t19-/m0/s1. The van der Waals surface area contributed by atoms with Gasteiger partial charge < -0.3 is 15.1 Å². The van der Waals surface area contributed by atoms with Gasteiger partial charge in [-0.25, -0.2) is 8.78 Å². The molecule has 2 amide bonds. The number of benzene rings is 2. The van der Waals surface area contributed by atoms with Crippen LogP contribution in [0.25, 0.3) is 6.08 Å². The Labute approximate surface area is 162 Å². The molecule has 1 N–H and O–H groups in total. The number of rotatable bonds is 4. The number of hydrogen-bond acceptors (Lipinski definition) is 3. The third kappa shape index (κ3) is 3.88. The lowest BCUT2D eigenvalue weighted by Gasteiger charge is -2.32. The van der Waals surface area contributed by atoms with Crippen LogP contribution in [0.1, 0.15) is 30.5 Å². The molecule has 1 heterocycles. The highest BCUT2D eigenvalue weighted by Gasteiger charge is 2.28. The minimum atomic E-state index is -0.767. The van der Waals surface area contributed by atoms with E-state index < -0.39 is 23.6 Å². The van der Waals surface area contributed by atoms with Gasteiger partial charge in [0.1, 0.15) is 5.69 Å². The number of fused-ring (bicyclic) bond motifs is 1. The van der Waals surface area contributed by atoms with Gasteiger partial charge in [-0.2, -0.15) is 0 Å². The molecule has 2 aromatic rings. The number of carbonyl (C=O) groups is 2. The predicted octanol–water partition coefficient (Wildman–Crippen LogP) is 3.93. The Morgan fingerprint density at radius 1 is 1.14 bits per heavy atom. The van der Waals surface area contributed by atoms with Crippen molar-refractivity contribution in [2.24, 2.45) is 0 Å². The number of anilines is 2. The number of hydrogen-bond donors (Lipinski definition) is 1. The van der Waals surface area contributed by atoms with Crippen LogP contribution in [0.3, 0.4) is 0 Å². The van der Waals surface area contributed by atoms with E-state index in [1.54, 1.807) is 6.20 Å². The zero-order valence-corrected chi connectivity index (χ0v) is 15.9. The molecule has 0 saturated heterocycles. The SMILES string of the molecule is CC(=O)N1C=Cc2ccccc2[C@@H]1CC(=O)Nc1cc(F)c(N(C)C)c(F)c1. The maximum Gasteiger partial charge on any atom is 0.226 e. The first-order valence-electron chi connectivity index (χ1n) is 8.80. The summed E-state index contributed by atoms with van der Waals surface area (Å²) >= 11 is 0. The minimum Gasteiger partial charge on any atom is -0.373 e. The predicted molar refractivity (Wildman–Crippen MR) is 105 cm³/mol. The largest absolute Gasteiger partial charge is 0.373 e. The van der Waals surface area contributed by atoms with Gasteiger partial charge in [0, 0.05) is 32.9 Å². The van der Waals surface area contributed by atoms with Crippen molar-refractivity contribution in [1.29, 1.82) is 0 Å². The Morgan fingerprint density at radius 2 is 1.79 bits per heavy atom. The summed E-state index contributed by atoms with van der Waals surface area (Å²) in [5.74, 6) is -2.18. The lowest BCUT2D eigenvalue weighted by atomic mass is 9.93. The topological polar surface area (TPSA) is 52.7 Å². The molecule has 0 fully saturated rings. The maximum absolute atomic E-state index is 14.1. The van der Waals surface area contributed by atoms with E-state index in [1.807, 2.05) is 30.3 Å². The molecule has 146 valence electrons. The molecule has 28 heavy (non-hydrogen) atoms. The van der Waals surface area contributed by atoms with E-state index in [9.17, 15) is 18.4 Å². The highest BCUT2D eigenvalue weighted by Crippen LogP contribution is 2.33. The summed E-state index contributed by atoms with van der Waals surface area (Å²) in [6.45, 7) is 1.42. The van der Waals surface area contributed by atoms with Gasteiger partial charge in [-0.1, -0.05) is 24.3 Å². The van der Waals surface area contributed by atoms with Crippen LogP contribution < -0.4 is 10.2 Å². The lowest BCUT2D eigenvalue weighted by Crippen LogP contribution is -2.33. The van der Waals surface area contributed by atoms with Crippen molar-refractivity contribution in [2.45, 2.75) is 19.4 Å². The molecule has 7 heteroatoms. The van der Waals surface area contributed by atoms with Crippen LogP contribution in [0, 0.1) is 11.6 Å². The molecule has 0 saturated carbocycles. The number of carbonyl (C=O) groups excluding carboxylic acids is 2. The highest BCUT2D eigenvalue weighted by atomic mass is 19.1. The first-order chi connectivity index (χ1) is 13.3. The summed E-state index contributed by atoms with van der Waals surface area (Å²) in [5, 5.41) is 2.53. The van der Waals surface area contributed by atoms with Crippen molar-refractivity contribution in [2.75, 3.05) is 24.3 Å². The fourth-order valence-electron chi connectivity index (χ4n) is 3.37. The zero-order chi connectivity index (χ0) is 20.4. The normalized spacial score (nSPS) is 15.2. The third-order valence-electron chi connectivity index (χ3n) is 4.60. The molecule has 1 aliphatic heterocycles. The Bertz CT molecular complexity index is 933. The number of nitrogens with zero attached hydrogens (tertiary/aromatic N) is 2. The van der Waals surface area contributed by atoms with Crippen LogP contribution in [0.15, 0.2) is 42.6 Å². The maximum atomic E-state index is 14.1. The highest BCUT2D eigenvalue weighted by molar-refractivity contribution is 5.92. The van der Waals surface area contributed by atoms with Gasteiger partial charge in [0.15, 0.2) is 11.6 Å². The summed E-state index contributed by atoms with van der Waals surface area (Å²) in [6, 6.07) is 9.14. The first-order valence-corrected chi connectivity index (χ1v) is 8.80. The molecular formula is C21H21F2N3O2. The molecule has 0 aromatic heterocycles. The smallest absolute Gasteiger partial charge is 0.226 e. The summed E-state index contributed by atoms with van der Waals surface area (Å²) in [7, 11) is 3.06. The van der Waals surface area contributed by atoms with Crippen molar-refractivity contribution in [3.63, 3.8) is 0 Å². The van der Waals surface area contributed by atoms with Crippen LogP contribution in [-0.4, -0.2) is 30.8 Å². The van der Waals surface area contributed by atoms with Crippen LogP contribution in [0.4, 0.5) is 20.2 Å². The van der Waals surface area contributed by atoms with E-state index in [2.05, 4.69) is 5.32 Å². The number of nitrogens with one attached hydrogen (secondary N) is 1. The van der Waals surface area contributed by atoms with E-state index >= 15 is 0 Å². The molecule has 1 atom stereocenters. The molecule has 0 unspecified atom stereocenters.